The summed E-state index contributed by atoms with van der Waals surface area (Å²) in [6.45, 7) is 2.17. The van der Waals surface area contributed by atoms with Gasteiger partial charge in [0.1, 0.15) is 0 Å². The van der Waals surface area contributed by atoms with E-state index in [2.05, 4.69) is 76.7 Å². The minimum atomic E-state index is 0.410. The first-order chi connectivity index (χ1) is 9.20. The molecule has 0 bridgehead atoms. The van der Waals surface area contributed by atoms with Crippen molar-refractivity contribution >= 4 is 15.9 Å². The second kappa shape index (κ2) is 6.88. The van der Waals surface area contributed by atoms with Crippen molar-refractivity contribution in [3.8, 4) is 0 Å². The average molecular weight is 318 g/mol. The van der Waals surface area contributed by atoms with E-state index in [-0.39, 0.29) is 0 Å². The van der Waals surface area contributed by atoms with Crippen LogP contribution in [0.3, 0.4) is 0 Å². The van der Waals surface area contributed by atoms with Crippen LogP contribution in [0.15, 0.2) is 53.0 Å². The number of rotatable bonds is 5. The number of benzene rings is 2. The molecule has 0 aliphatic rings. The average Bonchev–Trinajstić information content (AvgIpc) is 2.42. The van der Waals surface area contributed by atoms with Crippen LogP contribution in [-0.4, -0.2) is 7.05 Å². The van der Waals surface area contributed by atoms with Crippen molar-refractivity contribution in [3.63, 3.8) is 0 Å². The van der Waals surface area contributed by atoms with Gasteiger partial charge >= 0.3 is 0 Å². The van der Waals surface area contributed by atoms with Gasteiger partial charge in [-0.05, 0) is 55.6 Å². The molecule has 2 heteroatoms. The van der Waals surface area contributed by atoms with Gasteiger partial charge in [0.2, 0.25) is 0 Å². The molecule has 0 saturated carbocycles. The lowest BCUT2D eigenvalue weighted by Gasteiger charge is -2.19. The maximum atomic E-state index is 3.52. The zero-order valence-electron chi connectivity index (χ0n) is 11.5. The van der Waals surface area contributed by atoms with E-state index in [4.69, 9.17) is 0 Å². The van der Waals surface area contributed by atoms with Gasteiger partial charge in [0.25, 0.3) is 0 Å². The summed E-state index contributed by atoms with van der Waals surface area (Å²) in [6, 6.07) is 17.6. The van der Waals surface area contributed by atoms with Crippen molar-refractivity contribution in [2.24, 2.45) is 0 Å². The van der Waals surface area contributed by atoms with Gasteiger partial charge in [0.05, 0.1) is 0 Å². The first-order valence-electron chi connectivity index (χ1n) is 6.68. The van der Waals surface area contributed by atoms with Crippen molar-refractivity contribution in [2.75, 3.05) is 7.05 Å². The van der Waals surface area contributed by atoms with Gasteiger partial charge in [-0.25, -0.2) is 0 Å². The normalized spacial score (nSPS) is 12.4. The number of halogens is 1. The lowest BCUT2D eigenvalue weighted by atomic mass is 9.96. The van der Waals surface area contributed by atoms with Crippen LogP contribution in [0.2, 0.25) is 0 Å². The maximum Gasteiger partial charge on any atom is 0.0323 e. The maximum absolute atomic E-state index is 3.52. The Labute approximate surface area is 124 Å². The number of hydrogen-bond donors (Lipinski definition) is 1. The molecule has 1 atom stereocenters. The van der Waals surface area contributed by atoms with Gasteiger partial charge in [-0.3, -0.25) is 0 Å². The van der Waals surface area contributed by atoms with Crippen molar-refractivity contribution in [1.82, 2.24) is 5.32 Å². The zero-order valence-corrected chi connectivity index (χ0v) is 13.1. The molecular formula is C17H20BrN. The molecule has 1 unspecified atom stereocenters. The molecule has 0 aliphatic heterocycles. The Hall–Kier alpha value is -1.12. The number of hydrogen-bond acceptors (Lipinski definition) is 1. The molecule has 100 valence electrons. The molecule has 0 aromatic heterocycles. The molecule has 2 aromatic carbocycles. The predicted molar refractivity (Wildman–Crippen MR) is 85.4 cm³/mol. The highest BCUT2D eigenvalue weighted by Gasteiger charge is 2.11. The molecule has 0 spiro atoms. The molecule has 0 aliphatic carbocycles. The molecular weight excluding hydrogens is 298 g/mol. The number of aryl methyl sites for hydroxylation is 2. The monoisotopic (exact) mass is 317 g/mol. The Kier molecular flexibility index (Phi) is 5.17. The van der Waals surface area contributed by atoms with Crippen molar-refractivity contribution < 1.29 is 0 Å². The van der Waals surface area contributed by atoms with Crippen molar-refractivity contribution in [1.29, 1.82) is 0 Å². The highest BCUT2D eigenvalue weighted by molar-refractivity contribution is 9.10. The molecule has 1 nitrogen and oxygen atoms in total. The van der Waals surface area contributed by atoms with Crippen LogP contribution in [0.4, 0.5) is 0 Å². The van der Waals surface area contributed by atoms with Gasteiger partial charge in [-0.15, -0.1) is 0 Å². The summed E-state index contributed by atoms with van der Waals surface area (Å²) in [7, 11) is 2.04. The highest BCUT2D eigenvalue weighted by Crippen LogP contribution is 2.24. The molecule has 0 amide bonds. The van der Waals surface area contributed by atoms with Gasteiger partial charge in [-0.2, -0.15) is 0 Å². The summed E-state index contributed by atoms with van der Waals surface area (Å²) in [5, 5.41) is 3.43. The van der Waals surface area contributed by atoms with E-state index in [1.165, 1.54) is 16.7 Å². The summed E-state index contributed by atoms with van der Waals surface area (Å²) in [5.74, 6) is 0. The van der Waals surface area contributed by atoms with Gasteiger partial charge in [-0.1, -0.05) is 52.3 Å². The Balaban J connectivity index is 2.08. The van der Waals surface area contributed by atoms with Crippen molar-refractivity contribution in [2.45, 2.75) is 25.8 Å². The first kappa shape index (κ1) is 14.3. The van der Waals surface area contributed by atoms with Crippen LogP contribution < -0.4 is 5.32 Å². The summed E-state index contributed by atoms with van der Waals surface area (Å²) < 4.78 is 1.15. The fourth-order valence-electron chi connectivity index (χ4n) is 2.44. The van der Waals surface area contributed by atoms with Gasteiger partial charge in [0.15, 0.2) is 0 Å². The van der Waals surface area contributed by atoms with E-state index in [1.54, 1.807) is 0 Å². The Morgan fingerprint density at radius 2 is 1.84 bits per heavy atom. The molecule has 19 heavy (non-hydrogen) atoms. The molecule has 0 fully saturated rings. The second-order valence-corrected chi connectivity index (χ2v) is 5.78. The van der Waals surface area contributed by atoms with Crippen molar-refractivity contribution in [3.05, 3.63) is 69.7 Å². The summed E-state index contributed by atoms with van der Waals surface area (Å²) in [6.07, 6.45) is 2.21. The molecule has 2 aromatic rings. The third-order valence-electron chi connectivity index (χ3n) is 3.52. The molecule has 0 saturated heterocycles. The largest absolute Gasteiger partial charge is 0.313 e. The van der Waals surface area contributed by atoms with Crippen LogP contribution in [0.25, 0.3) is 0 Å². The molecule has 1 N–H and O–H groups in total. The van der Waals surface area contributed by atoms with Crippen LogP contribution in [0, 0.1) is 6.92 Å². The minimum absolute atomic E-state index is 0.410. The quantitative estimate of drug-likeness (QED) is 0.846. The topological polar surface area (TPSA) is 12.0 Å². The lowest BCUT2D eigenvalue weighted by molar-refractivity contribution is 0.546. The first-order valence-corrected chi connectivity index (χ1v) is 7.47. The van der Waals surface area contributed by atoms with Gasteiger partial charge < -0.3 is 5.32 Å². The second-order valence-electron chi connectivity index (χ2n) is 4.87. The standard InChI is InChI=1S/C17H20BrN/c1-13-12-15(18)9-10-16(13)17(19-2)11-8-14-6-4-3-5-7-14/h3-7,9-10,12,17,19H,8,11H2,1-2H3. The predicted octanol–water partition coefficient (Wildman–Crippen LogP) is 4.65. The van der Waals surface area contributed by atoms with Crippen LogP contribution >= 0.6 is 15.9 Å². The van der Waals surface area contributed by atoms with E-state index in [9.17, 15) is 0 Å². The minimum Gasteiger partial charge on any atom is -0.313 e. The van der Waals surface area contributed by atoms with E-state index < -0.39 is 0 Å². The van der Waals surface area contributed by atoms with Crippen LogP contribution in [0.1, 0.15) is 29.2 Å². The fourth-order valence-corrected chi connectivity index (χ4v) is 2.92. The Morgan fingerprint density at radius 1 is 1.11 bits per heavy atom. The van der Waals surface area contributed by atoms with Gasteiger partial charge in [0, 0.05) is 10.5 Å². The third-order valence-corrected chi connectivity index (χ3v) is 4.01. The smallest absolute Gasteiger partial charge is 0.0323 e. The van der Waals surface area contributed by atoms with Crippen LogP contribution in [-0.2, 0) is 6.42 Å². The third kappa shape index (κ3) is 3.92. The SMILES string of the molecule is CNC(CCc1ccccc1)c1ccc(Br)cc1C. The Morgan fingerprint density at radius 3 is 2.47 bits per heavy atom. The fraction of sp³-hybridized carbons (Fsp3) is 0.294. The highest BCUT2D eigenvalue weighted by atomic mass is 79.9. The Bertz CT molecular complexity index is 522. The molecule has 0 heterocycles. The summed E-state index contributed by atoms with van der Waals surface area (Å²) >= 11 is 3.52. The summed E-state index contributed by atoms with van der Waals surface area (Å²) in [5.41, 5.74) is 4.13. The van der Waals surface area contributed by atoms with Crippen LogP contribution in [0.5, 0.6) is 0 Å². The molecule has 2 rings (SSSR count). The lowest BCUT2D eigenvalue weighted by Crippen LogP contribution is -2.18. The molecule has 0 radical (unpaired) electrons. The van der Waals surface area contributed by atoms with E-state index in [1.807, 2.05) is 7.05 Å². The summed E-state index contributed by atoms with van der Waals surface area (Å²) in [4.78, 5) is 0. The number of nitrogens with one attached hydrogen (secondary N) is 1. The van der Waals surface area contributed by atoms with E-state index >= 15 is 0 Å². The van der Waals surface area contributed by atoms with E-state index in [0.717, 1.165) is 17.3 Å². The zero-order chi connectivity index (χ0) is 13.7. The van der Waals surface area contributed by atoms with E-state index in [0.29, 0.717) is 6.04 Å².